The lowest BCUT2D eigenvalue weighted by Gasteiger charge is -2.29. The van der Waals surface area contributed by atoms with Crippen molar-refractivity contribution in [2.75, 3.05) is 23.7 Å². The van der Waals surface area contributed by atoms with Crippen molar-refractivity contribution in [2.45, 2.75) is 56.9 Å². The van der Waals surface area contributed by atoms with Crippen LogP contribution in [0.1, 0.15) is 56.4 Å². The maximum absolute atomic E-state index is 13.2. The van der Waals surface area contributed by atoms with Crippen LogP contribution in [0.3, 0.4) is 0 Å². The Morgan fingerprint density at radius 3 is 2.44 bits per heavy atom. The van der Waals surface area contributed by atoms with Gasteiger partial charge in [0.05, 0.1) is 0 Å². The van der Waals surface area contributed by atoms with Crippen molar-refractivity contribution in [3.8, 4) is 0 Å². The van der Waals surface area contributed by atoms with Crippen LogP contribution in [0.4, 0.5) is 21.6 Å². The van der Waals surface area contributed by atoms with Gasteiger partial charge in [-0.2, -0.15) is 0 Å². The molecule has 0 atom stereocenters. The van der Waals surface area contributed by atoms with Crippen molar-refractivity contribution >= 4 is 17.2 Å². The highest BCUT2D eigenvalue weighted by Crippen LogP contribution is 2.34. The molecule has 0 amide bonds. The number of nitrogens with one attached hydrogen (secondary N) is 3. The van der Waals surface area contributed by atoms with Crippen LogP contribution in [0.5, 0.6) is 0 Å². The number of rotatable bonds is 5. The first kappa shape index (κ1) is 18.2. The summed E-state index contributed by atoms with van der Waals surface area (Å²) in [5.74, 6) is 1.14. The highest BCUT2D eigenvalue weighted by Gasteiger charge is 2.21. The van der Waals surface area contributed by atoms with E-state index in [-0.39, 0.29) is 5.82 Å². The zero-order valence-electron chi connectivity index (χ0n) is 15.8. The van der Waals surface area contributed by atoms with Gasteiger partial charge >= 0.3 is 0 Å². The molecule has 0 radical (unpaired) electrons. The molecule has 0 unspecified atom stereocenters. The van der Waals surface area contributed by atoms with Gasteiger partial charge < -0.3 is 16.0 Å². The largest absolute Gasteiger partial charge is 0.382 e. The number of nitrogens with zero attached hydrogens (tertiary/aromatic N) is 1. The van der Waals surface area contributed by atoms with Gasteiger partial charge in [0.25, 0.3) is 0 Å². The predicted molar refractivity (Wildman–Crippen MR) is 109 cm³/mol. The van der Waals surface area contributed by atoms with Crippen LogP contribution in [-0.4, -0.2) is 24.1 Å². The predicted octanol–water partition coefficient (Wildman–Crippen LogP) is 5.18. The second-order valence-electron chi connectivity index (χ2n) is 7.79. The molecule has 0 spiro atoms. The van der Waals surface area contributed by atoms with Crippen LogP contribution in [0.15, 0.2) is 36.5 Å². The fourth-order valence-corrected chi connectivity index (χ4v) is 4.27. The first-order valence-corrected chi connectivity index (χ1v) is 10.3. The number of hydrogen-bond acceptors (Lipinski definition) is 4. The van der Waals surface area contributed by atoms with Gasteiger partial charge in [0.2, 0.25) is 0 Å². The van der Waals surface area contributed by atoms with E-state index in [1.807, 2.05) is 6.20 Å². The Hall–Kier alpha value is -2.14. The molecule has 1 aromatic carbocycles. The number of pyridine rings is 1. The topological polar surface area (TPSA) is 49.0 Å². The number of hydrogen-bond donors (Lipinski definition) is 3. The summed E-state index contributed by atoms with van der Waals surface area (Å²) in [6.07, 6.45) is 10.8. The maximum atomic E-state index is 13.2. The summed E-state index contributed by atoms with van der Waals surface area (Å²) in [4.78, 5) is 4.66. The summed E-state index contributed by atoms with van der Waals surface area (Å²) in [6, 6.07) is 9.10. The molecular weight excluding hydrogens is 339 g/mol. The van der Waals surface area contributed by atoms with E-state index in [2.05, 4.69) is 27.0 Å². The molecule has 4 nitrogen and oxygen atoms in total. The molecule has 1 saturated carbocycles. The smallest absolute Gasteiger partial charge is 0.132 e. The van der Waals surface area contributed by atoms with E-state index in [0.29, 0.717) is 12.0 Å². The standard InChI is InChI=1S/C22H29FN4/c23-17-6-8-19(9-7-17)27-22-14-21(26-18-4-2-1-3-5-18)20(15-25-22)16-10-12-24-13-11-16/h6-9,14-16,18,24H,1-5,10-13H2,(H2,25,26,27). The molecule has 4 rings (SSSR count). The summed E-state index contributed by atoms with van der Waals surface area (Å²) in [5, 5.41) is 10.6. The molecule has 1 aliphatic heterocycles. The number of halogens is 1. The normalized spacial score (nSPS) is 19.0. The lowest BCUT2D eigenvalue weighted by Crippen LogP contribution is -2.28. The minimum atomic E-state index is -0.227. The van der Waals surface area contributed by atoms with Crippen molar-refractivity contribution < 1.29 is 4.39 Å². The molecule has 144 valence electrons. The molecule has 27 heavy (non-hydrogen) atoms. The van der Waals surface area contributed by atoms with E-state index in [1.54, 1.807) is 12.1 Å². The van der Waals surface area contributed by atoms with E-state index in [9.17, 15) is 4.39 Å². The van der Waals surface area contributed by atoms with Crippen LogP contribution in [0, 0.1) is 5.82 Å². The maximum Gasteiger partial charge on any atom is 0.132 e. The Morgan fingerprint density at radius 1 is 0.963 bits per heavy atom. The first-order valence-electron chi connectivity index (χ1n) is 10.3. The summed E-state index contributed by atoms with van der Waals surface area (Å²) in [6.45, 7) is 2.15. The zero-order valence-corrected chi connectivity index (χ0v) is 15.8. The van der Waals surface area contributed by atoms with Gasteiger partial charge in [-0.25, -0.2) is 9.37 Å². The van der Waals surface area contributed by atoms with Crippen molar-refractivity contribution in [1.82, 2.24) is 10.3 Å². The molecule has 0 bridgehead atoms. The van der Waals surface area contributed by atoms with Crippen LogP contribution in [0.2, 0.25) is 0 Å². The summed E-state index contributed by atoms with van der Waals surface area (Å²) in [5.41, 5.74) is 3.40. The third-order valence-corrected chi connectivity index (χ3v) is 5.80. The molecule has 2 aliphatic rings. The number of aromatic nitrogens is 1. The minimum Gasteiger partial charge on any atom is -0.382 e. The fraction of sp³-hybridized carbons (Fsp3) is 0.500. The first-order chi connectivity index (χ1) is 13.3. The highest BCUT2D eigenvalue weighted by atomic mass is 19.1. The van der Waals surface area contributed by atoms with Gasteiger partial charge in [0.1, 0.15) is 11.6 Å². The molecule has 2 fully saturated rings. The highest BCUT2D eigenvalue weighted by molar-refractivity contribution is 5.64. The van der Waals surface area contributed by atoms with E-state index in [0.717, 1.165) is 37.4 Å². The number of benzene rings is 1. The summed E-state index contributed by atoms with van der Waals surface area (Å²) in [7, 11) is 0. The number of anilines is 3. The molecule has 2 heterocycles. The Morgan fingerprint density at radius 2 is 1.70 bits per heavy atom. The Balaban J connectivity index is 1.57. The van der Waals surface area contributed by atoms with E-state index < -0.39 is 0 Å². The second-order valence-corrected chi connectivity index (χ2v) is 7.79. The van der Waals surface area contributed by atoms with Gasteiger partial charge in [0.15, 0.2) is 0 Å². The molecule has 1 aromatic heterocycles. The molecule has 2 aromatic rings. The third-order valence-electron chi connectivity index (χ3n) is 5.80. The van der Waals surface area contributed by atoms with Gasteiger partial charge in [-0.1, -0.05) is 19.3 Å². The SMILES string of the molecule is Fc1ccc(Nc2cc(NC3CCCCC3)c(C3CCNCC3)cn2)cc1. The fourth-order valence-electron chi connectivity index (χ4n) is 4.27. The average molecular weight is 369 g/mol. The Labute approximate surface area is 161 Å². The zero-order chi connectivity index (χ0) is 18.5. The van der Waals surface area contributed by atoms with Crippen molar-refractivity contribution in [3.05, 3.63) is 47.9 Å². The van der Waals surface area contributed by atoms with Crippen molar-refractivity contribution in [3.63, 3.8) is 0 Å². The van der Waals surface area contributed by atoms with Crippen LogP contribution < -0.4 is 16.0 Å². The number of piperidine rings is 1. The van der Waals surface area contributed by atoms with Crippen LogP contribution in [0.25, 0.3) is 0 Å². The molecule has 5 heteroatoms. The van der Waals surface area contributed by atoms with Crippen LogP contribution in [-0.2, 0) is 0 Å². The van der Waals surface area contributed by atoms with Crippen molar-refractivity contribution in [2.24, 2.45) is 0 Å². The van der Waals surface area contributed by atoms with Gasteiger partial charge in [0, 0.05) is 29.7 Å². The molecular formula is C22H29FN4. The summed E-state index contributed by atoms with van der Waals surface area (Å²) < 4.78 is 13.2. The molecule has 1 saturated heterocycles. The molecule has 1 aliphatic carbocycles. The lowest BCUT2D eigenvalue weighted by molar-refractivity contribution is 0.453. The lowest BCUT2D eigenvalue weighted by atomic mass is 9.89. The average Bonchev–Trinajstić information content (AvgIpc) is 2.71. The van der Waals surface area contributed by atoms with Crippen LogP contribution >= 0.6 is 0 Å². The van der Waals surface area contributed by atoms with E-state index >= 15 is 0 Å². The van der Waals surface area contributed by atoms with Crippen molar-refractivity contribution in [1.29, 1.82) is 0 Å². The molecule has 3 N–H and O–H groups in total. The Bertz CT molecular complexity index is 734. The van der Waals surface area contributed by atoms with E-state index in [4.69, 9.17) is 0 Å². The second kappa shape index (κ2) is 8.70. The van der Waals surface area contributed by atoms with Gasteiger partial charge in [-0.05, 0) is 74.5 Å². The third kappa shape index (κ3) is 4.78. The van der Waals surface area contributed by atoms with Gasteiger partial charge in [-0.15, -0.1) is 0 Å². The quantitative estimate of drug-likeness (QED) is 0.681. The van der Waals surface area contributed by atoms with Gasteiger partial charge in [-0.3, -0.25) is 0 Å². The van der Waals surface area contributed by atoms with E-state index in [1.165, 1.54) is 55.5 Å². The summed E-state index contributed by atoms with van der Waals surface area (Å²) >= 11 is 0. The Kier molecular flexibility index (Phi) is 5.87. The monoisotopic (exact) mass is 368 g/mol. The minimum absolute atomic E-state index is 0.227.